The number of ether oxygens (including phenoxy) is 1. The van der Waals surface area contributed by atoms with Crippen LogP contribution in [0.5, 0.6) is 0 Å². The third kappa shape index (κ3) is 5.01. The maximum absolute atomic E-state index is 13.5. The minimum absolute atomic E-state index is 0.0544. The number of nitrogens with one attached hydrogen (secondary N) is 1. The van der Waals surface area contributed by atoms with Crippen LogP contribution in [0.3, 0.4) is 0 Å². The van der Waals surface area contributed by atoms with Crippen LogP contribution in [0.2, 0.25) is 16.1 Å². The predicted octanol–water partition coefficient (Wildman–Crippen LogP) is 1.62. The van der Waals surface area contributed by atoms with E-state index >= 15 is 0 Å². The van der Waals surface area contributed by atoms with Gasteiger partial charge in [0.1, 0.15) is 0 Å². The Kier molecular flexibility index (Phi) is 6.54. The fourth-order valence-electron chi connectivity index (χ4n) is 2.65. The number of nitrogens with zero attached hydrogens (tertiary/aromatic N) is 1. The number of hydrogen-bond acceptors (Lipinski definition) is 4. The predicted molar refractivity (Wildman–Crippen MR) is 93.7 cm³/mol. The van der Waals surface area contributed by atoms with Gasteiger partial charge in [-0.15, -0.1) is 0 Å². The summed E-state index contributed by atoms with van der Waals surface area (Å²) in [5, 5.41) is 2.17. The Hall–Kier alpha value is -2.06. The van der Waals surface area contributed by atoms with Gasteiger partial charge >= 0.3 is 158 Å². The van der Waals surface area contributed by atoms with Gasteiger partial charge in [-0.1, -0.05) is 0 Å². The quantitative estimate of drug-likeness (QED) is 0.527. The molecule has 0 aliphatic carbocycles. The van der Waals surface area contributed by atoms with Gasteiger partial charge < -0.3 is 0 Å². The number of carbonyl (C=O) groups is 3. The molecule has 1 aromatic carbocycles. The number of morpholine rings is 1. The second kappa shape index (κ2) is 8.31. The Labute approximate surface area is 158 Å². The summed E-state index contributed by atoms with van der Waals surface area (Å²) in [7, 11) is 0. The molecule has 1 saturated heterocycles. The van der Waals surface area contributed by atoms with Gasteiger partial charge in [0.2, 0.25) is 0 Å². The van der Waals surface area contributed by atoms with Crippen LogP contribution < -0.4 is 16.0 Å². The summed E-state index contributed by atoms with van der Waals surface area (Å²) >= 11 is -1.95. The second-order valence-corrected chi connectivity index (χ2v) is 11.2. The fourth-order valence-corrected chi connectivity index (χ4v) is 4.84. The average Bonchev–Trinajstić information content (AvgIpc) is 2.54. The molecule has 1 atom stereocenters. The zero-order chi connectivity index (χ0) is 20.4. The summed E-state index contributed by atoms with van der Waals surface area (Å²) in [5.41, 5.74) is 7.09. The number of benzene rings is 1. The third-order valence-electron chi connectivity index (χ3n) is 3.90. The van der Waals surface area contributed by atoms with Crippen molar-refractivity contribution in [1.29, 1.82) is 0 Å². The molecule has 7 nitrogen and oxygen atoms in total. The van der Waals surface area contributed by atoms with Gasteiger partial charge in [-0.25, -0.2) is 0 Å². The average molecular weight is 449 g/mol. The van der Waals surface area contributed by atoms with E-state index in [0.717, 1.165) is 12.1 Å². The summed E-state index contributed by atoms with van der Waals surface area (Å²) in [4.78, 5) is 36.8. The molecule has 1 aliphatic heterocycles. The van der Waals surface area contributed by atoms with Gasteiger partial charge in [0.05, 0.1) is 0 Å². The summed E-state index contributed by atoms with van der Waals surface area (Å²) < 4.78 is 44.3. The molecule has 1 heterocycles. The number of amides is 3. The standard InChI is InChI=1S/C16H19AsF3N3O4/c1-17(2)13(14(21)25)15(26)22-11-4-3-9(7-10(11)16(18,19)20)23-5-6-27-8-12(23)24/h3-4,7,13H,5-6,8H2,1-2H3,(H2,21,25)(H,22,26)/t13-/m1/s1. The van der Waals surface area contributed by atoms with Gasteiger partial charge in [0.15, 0.2) is 0 Å². The second-order valence-electron chi connectivity index (χ2n) is 6.08. The van der Waals surface area contributed by atoms with Crippen molar-refractivity contribution in [2.75, 3.05) is 30.0 Å². The molecule has 148 valence electrons. The molecule has 1 fully saturated rings. The van der Waals surface area contributed by atoms with Crippen molar-refractivity contribution >= 4 is 43.7 Å². The van der Waals surface area contributed by atoms with Gasteiger partial charge in [-0.05, 0) is 0 Å². The first-order valence-electron chi connectivity index (χ1n) is 7.88. The topological polar surface area (TPSA) is 102 Å². The van der Waals surface area contributed by atoms with E-state index in [1.807, 2.05) is 0 Å². The van der Waals surface area contributed by atoms with Crippen LogP contribution in [0.25, 0.3) is 0 Å². The van der Waals surface area contributed by atoms with Crippen molar-refractivity contribution in [3.63, 3.8) is 0 Å². The number of hydrogen-bond donors (Lipinski definition) is 2. The van der Waals surface area contributed by atoms with Crippen LogP contribution >= 0.6 is 0 Å². The van der Waals surface area contributed by atoms with Crippen molar-refractivity contribution in [2.24, 2.45) is 5.73 Å². The number of alkyl halides is 3. The molecule has 27 heavy (non-hydrogen) atoms. The zero-order valence-corrected chi connectivity index (χ0v) is 16.5. The molecule has 3 N–H and O–H groups in total. The number of nitrogens with two attached hydrogens (primary N) is 1. The minimum atomic E-state index is -4.77. The fraction of sp³-hybridized carbons (Fsp3) is 0.438. The Bertz CT molecular complexity index is 755. The molecule has 0 spiro atoms. The van der Waals surface area contributed by atoms with Crippen molar-refractivity contribution in [2.45, 2.75) is 22.3 Å². The SMILES string of the molecule is C[As](C)[C@H](C(N)=O)C(=O)Nc1ccc(N2CCOCC2=O)cc1C(F)(F)F. The van der Waals surface area contributed by atoms with Gasteiger partial charge in [0.25, 0.3) is 0 Å². The summed E-state index contributed by atoms with van der Waals surface area (Å²) in [6.07, 6.45) is -4.77. The summed E-state index contributed by atoms with van der Waals surface area (Å²) in [6, 6.07) is 3.17. The van der Waals surface area contributed by atoms with Gasteiger partial charge in [-0.3, -0.25) is 0 Å². The van der Waals surface area contributed by atoms with Crippen LogP contribution in [0.15, 0.2) is 18.2 Å². The molecule has 0 saturated carbocycles. The first-order chi connectivity index (χ1) is 12.5. The van der Waals surface area contributed by atoms with Crippen molar-refractivity contribution < 1.29 is 32.3 Å². The van der Waals surface area contributed by atoms with E-state index in [0.29, 0.717) is 0 Å². The van der Waals surface area contributed by atoms with E-state index in [1.165, 1.54) is 11.0 Å². The third-order valence-corrected chi connectivity index (χ3v) is 7.09. The summed E-state index contributed by atoms with van der Waals surface area (Å²) in [5.74, 6) is -2.17. The first-order valence-corrected chi connectivity index (χ1v) is 12.7. The molecule has 3 amide bonds. The van der Waals surface area contributed by atoms with Crippen LogP contribution in [0, 0.1) is 0 Å². The van der Waals surface area contributed by atoms with Crippen LogP contribution in [0.4, 0.5) is 24.5 Å². The zero-order valence-electron chi connectivity index (χ0n) is 14.7. The summed E-state index contributed by atoms with van der Waals surface area (Å²) in [6.45, 7) is 0.134. The van der Waals surface area contributed by atoms with Crippen molar-refractivity contribution in [3.05, 3.63) is 23.8 Å². The van der Waals surface area contributed by atoms with Crippen LogP contribution in [-0.2, 0) is 25.3 Å². The molecule has 0 bridgehead atoms. The van der Waals surface area contributed by atoms with E-state index < -0.39 is 54.5 Å². The van der Waals surface area contributed by atoms with E-state index in [2.05, 4.69) is 5.32 Å². The van der Waals surface area contributed by atoms with E-state index in [-0.39, 0.29) is 25.4 Å². The number of primary amides is 1. The van der Waals surface area contributed by atoms with Crippen LogP contribution in [0.1, 0.15) is 5.56 Å². The molecular formula is C16H19AsF3N3O4. The Morgan fingerprint density at radius 2 is 2.00 bits per heavy atom. The number of anilines is 2. The van der Waals surface area contributed by atoms with Crippen molar-refractivity contribution in [3.8, 4) is 0 Å². The Balaban J connectivity index is 2.38. The van der Waals surface area contributed by atoms with Gasteiger partial charge in [0, 0.05) is 0 Å². The molecular weight excluding hydrogens is 430 g/mol. The maximum atomic E-state index is 13.5. The number of halogens is 3. The molecule has 1 aliphatic rings. The van der Waals surface area contributed by atoms with Crippen molar-refractivity contribution in [1.82, 2.24) is 0 Å². The monoisotopic (exact) mass is 449 g/mol. The Morgan fingerprint density at radius 1 is 1.33 bits per heavy atom. The van der Waals surface area contributed by atoms with E-state index in [1.54, 1.807) is 11.4 Å². The molecule has 0 radical (unpaired) electrons. The molecule has 2 rings (SSSR count). The van der Waals surface area contributed by atoms with E-state index in [4.69, 9.17) is 10.5 Å². The Morgan fingerprint density at radius 3 is 2.52 bits per heavy atom. The molecule has 11 heteroatoms. The number of carbonyl (C=O) groups excluding carboxylic acids is 3. The van der Waals surface area contributed by atoms with E-state index in [9.17, 15) is 27.6 Å². The van der Waals surface area contributed by atoms with Crippen LogP contribution in [-0.4, -0.2) is 52.1 Å². The normalized spacial score (nSPS) is 16.4. The van der Waals surface area contributed by atoms with Gasteiger partial charge in [-0.2, -0.15) is 0 Å². The first kappa shape index (κ1) is 21.2. The number of rotatable bonds is 5. The molecule has 0 unspecified atom stereocenters. The molecule has 0 aromatic heterocycles. The molecule has 1 aromatic rings.